The van der Waals surface area contributed by atoms with Crippen LogP contribution in [0.2, 0.25) is 0 Å². The molecule has 4 rings (SSSR count). The third kappa shape index (κ3) is 6.37. The molecule has 0 saturated heterocycles. The summed E-state index contributed by atoms with van der Waals surface area (Å²) in [6, 6.07) is 26.0. The minimum atomic E-state index is -0.949. The number of amides is 1. The number of anilines is 1. The third-order valence-electron chi connectivity index (χ3n) is 6.31. The Labute approximate surface area is 210 Å². The van der Waals surface area contributed by atoms with Crippen LogP contribution < -0.4 is 5.01 Å². The Balaban J connectivity index is 1.57. The number of hydrogen-bond donors (Lipinski definition) is 1. The maximum atomic E-state index is 13.2. The molecule has 7 heteroatoms. The molecule has 1 aliphatic heterocycles. The van der Waals surface area contributed by atoms with E-state index in [1.54, 1.807) is 34.3 Å². The van der Waals surface area contributed by atoms with Crippen LogP contribution in [0.25, 0.3) is 0 Å². The number of rotatable bonds is 10. The summed E-state index contributed by atoms with van der Waals surface area (Å²) in [7, 11) is 0. The number of carbonyl (C=O) groups is 3. The molecule has 0 aromatic heterocycles. The Hall–Kier alpha value is -3.97. The zero-order valence-electron chi connectivity index (χ0n) is 20.1. The van der Waals surface area contributed by atoms with Crippen molar-refractivity contribution in [3.8, 4) is 0 Å². The number of aliphatic carboxylic acids is 1. The first-order chi connectivity index (χ1) is 17.5. The number of nitrogens with zero attached hydrogens (tertiary/aromatic N) is 2. The van der Waals surface area contributed by atoms with Gasteiger partial charge in [0.1, 0.15) is 13.2 Å². The second-order valence-electron chi connectivity index (χ2n) is 8.81. The standard InChI is InChI=1S/C29H30N2O5/c32-27-17-9-15-24-14-7-8-16-26(24)31(27)30(20-28(33)36-21-22-10-3-1-4-11-22)19-18-25(29(34)35)23-12-5-2-6-13-23/h1-8,10-14,16,25H,9,15,17-21H2,(H,34,35). The molecule has 1 unspecified atom stereocenters. The van der Waals surface area contributed by atoms with Gasteiger partial charge in [-0.15, -0.1) is 0 Å². The number of ether oxygens (including phenoxy) is 1. The number of para-hydroxylation sites is 1. The van der Waals surface area contributed by atoms with Crippen molar-refractivity contribution in [2.24, 2.45) is 0 Å². The molecule has 1 aliphatic rings. The molecule has 1 amide bonds. The number of carboxylic acid groups (broad SMARTS) is 1. The molecule has 0 saturated carbocycles. The highest BCUT2D eigenvalue weighted by molar-refractivity contribution is 5.94. The van der Waals surface area contributed by atoms with Gasteiger partial charge in [0.25, 0.3) is 0 Å². The quantitative estimate of drug-likeness (QED) is 0.422. The fourth-order valence-corrected chi connectivity index (χ4v) is 4.49. The molecule has 186 valence electrons. The molecule has 3 aromatic rings. The van der Waals surface area contributed by atoms with Gasteiger partial charge in [-0.05, 0) is 42.0 Å². The van der Waals surface area contributed by atoms with Crippen LogP contribution in [-0.2, 0) is 32.1 Å². The van der Waals surface area contributed by atoms with Crippen LogP contribution in [0.15, 0.2) is 84.9 Å². The Morgan fingerprint density at radius 2 is 1.58 bits per heavy atom. The molecule has 0 fully saturated rings. The van der Waals surface area contributed by atoms with Gasteiger partial charge in [0.05, 0.1) is 11.6 Å². The van der Waals surface area contributed by atoms with Crippen molar-refractivity contribution < 1.29 is 24.2 Å². The monoisotopic (exact) mass is 486 g/mol. The maximum absolute atomic E-state index is 13.2. The maximum Gasteiger partial charge on any atom is 0.322 e. The van der Waals surface area contributed by atoms with Crippen molar-refractivity contribution in [1.82, 2.24) is 5.01 Å². The van der Waals surface area contributed by atoms with Crippen LogP contribution in [0.3, 0.4) is 0 Å². The molecule has 1 heterocycles. The Morgan fingerprint density at radius 3 is 2.31 bits per heavy atom. The zero-order chi connectivity index (χ0) is 25.3. The number of fused-ring (bicyclic) bond motifs is 1. The van der Waals surface area contributed by atoms with Crippen molar-refractivity contribution in [1.29, 1.82) is 0 Å². The van der Waals surface area contributed by atoms with Crippen molar-refractivity contribution in [3.63, 3.8) is 0 Å². The summed E-state index contributed by atoms with van der Waals surface area (Å²) in [4.78, 5) is 38.2. The van der Waals surface area contributed by atoms with Crippen molar-refractivity contribution >= 4 is 23.5 Å². The molecule has 0 spiro atoms. The Morgan fingerprint density at radius 1 is 0.917 bits per heavy atom. The van der Waals surface area contributed by atoms with Gasteiger partial charge in [-0.1, -0.05) is 78.9 Å². The number of hydrazine groups is 1. The van der Waals surface area contributed by atoms with E-state index in [1.807, 2.05) is 60.7 Å². The Kier molecular flexibility index (Phi) is 8.47. The van der Waals surface area contributed by atoms with Crippen LogP contribution in [0.1, 0.15) is 41.9 Å². The van der Waals surface area contributed by atoms with Crippen LogP contribution in [0.5, 0.6) is 0 Å². The molecular weight excluding hydrogens is 456 g/mol. The molecule has 0 bridgehead atoms. The highest BCUT2D eigenvalue weighted by Crippen LogP contribution is 2.29. The van der Waals surface area contributed by atoms with Gasteiger partial charge >= 0.3 is 11.9 Å². The fourth-order valence-electron chi connectivity index (χ4n) is 4.49. The normalized spacial score (nSPS) is 14.1. The first kappa shape index (κ1) is 25.1. The number of carbonyl (C=O) groups excluding carboxylic acids is 2. The van der Waals surface area contributed by atoms with Crippen molar-refractivity contribution in [3.05, 3.63) is 102 Å². The van der Waals surface area contributed by atoms with Crippen LogP contribution >= 0.6 is 0 Å². The molecule has 7 nitrogen and oxygen atoms in total. The van der Waals surface area contributed by atoms with Crippen molar-refractivity contribution in [2.45, 2.75) is 38.2 Å². The lowest BCUT2D eigenvalue weighted by Gasteiger charge is -2.35. The highest BCUT2D eigenvalue weighted by Gasteiger charge is 2.31. The average molecular weight is 487 g/mol. The summed E-state index contributed by atoms with van der Waals surface area (Å²) in [6.07, 6.45) is 2.02. The van der Waals surface area contributed by atoms with Crippen LogP contribution in [0, 0.1) is 0 Å². The number of benzene rings is 3. The first-order valence-corrected chi connectivity index (χ1v) is 12.2. The van der Waals surface area contributed by atoms with E-state index in [9.17, 15) is 19.5 Å². The van der Waals surface area contributed by atoms with E-state index in [2.05, 4.69) is 0 Å². The summed E-state index contributed by atoms with van der Waals surface area (Å²) in [5, 5.41) is 13.1. The first-order valence-electron chi connectivity index (χ1n) is 12.2. The van der Waals surface area contributed by atoms with Gasteiger partial charge in [-0.2, -0.15) is 0 Å². The Bertz CT molecular complexity index is 1180. The molecular formula is C29H30N2O5. The molecule has 1 N–H and O–H groups in total. The fraction of sp³-hybridized carbons (Fsp3) is 0.276. The SMILES string of the molecule is O=C(CN(CCC(C(=O)O)c1ccccc1)N1C(=O)CCCc2ccccc21)OCc1ccccc1. The molecule has 0 aliphatic carbocycles. The minimum Gasteiger partial charge on any atom is -0.481 e. The molecule has 1 atom stereocenters. The van der Waals surface area contributed by atoms with Gasteiger partial charge in [0.2, 0.25) is 5.91 Å². The van der Waals surface area contributed by atoms with Crippen LogP contribution in [0.4, 0.5) is 5.69 Å². The topological polar surface area (TPSA) is 87.2 Å². The third-order valence-corrected chi connectivity index (χ3v) is 6.31. The van der Waals surface area contributed by atoms with E-state index in [0.717, 1.165) is 23.2 Å². The van der Waals surface area contributed by atoms with E-state index in [1.165, 1.54) is 0 Å². The largest absolute Gasteiger partial charge is 0.481 e. The number of carboxylic acids is 1. The van der Waals surface area contributed by atoms with E-state index in [4.69, 9.17) is 4.74 Å². The summed E-state index contributed by atoms with van der Waals surface area (Å²) < 4.78 is 5.51. The lowest BCUT2D eigenvalue weighted by atomic mass is 9.96. The smallest absolute Gasteiger partial charge is 0.322 e. The predicted octanol–water partition coefficient (Wildman–Crippen LogP) is 4.57. The summed E-state index contributed by atoms with van der Waals surface area (Å²) in [5.41, 5.74) is 3.29. The van der Waals surface area contributed by atoms with Gasteiger partial charge in [0.15, 0.2) is 0 Å². The zero-order valence-corrected chi connectivity index (χ0v) is 20.1. The van der Waals surface area contributed by atoms with Gasteiger partial charge in [0, 0.05) is 13.0 Å². The van der Waals surface area contributed by atoms with Gasteiger partial charge < -0.3 is 9.84 Å². The summed E-state index contributed by atoms with van der Waals surface area (Å²) in [6.45, 7) is 0.139. The van der Waals surface area contributed by atoms with E-state index in [0.29, 0.717) is 18.4 Å². The van der Waals surface area contributed by atoms with E-state index in [-0.39, 0.29) is 32.0 Å². The average Bonchev–Trinajstić information content (AvgIpc) is 3.06. The van der Waals surface area contributed by atoms with Crippen molar-refractivity contribution in [2.75, 3.05) is 18.1 Å². The summed E-state index contributed by atoms with van der Waals surface area (Å²) in [5.74, 6) is -2.33. The van der Waals surface area contributed by atoms with Gasteiger partial charge in [-0.25, -0.2) is 10.0 Å². The number of hydrogen-bond acceptors (Lipinski definition) is 5. The number of aryl methyl sites for hydroxylation is 1. The molecule has 3 aromatic carbocycles. The number of esters is 1. The molecule has 36 heavy (non-hydrogen) atoms. The highest BCUT2D eigenvalue weighted by atomic mass is 16.5. The minimum absolute atomic E-state index is 0.123. The predicted molar refractivity (Wildman–Crippen MR) is 136 cm³/mol. The molecule has 0 radical (unpaired) electrons. The lowest BCUT2D eigenvalue weighted by molar-refractivity contribution is -0.146. The van der Waals surface area contributed by atoms with E-state index >= 15 is 0 Å². The second-order valence-corrected chi connectivity index (χ2v) is 8.81. The van der Waals surface area contributed by atoms with Gasteiger partial charge in [-0.3, -0.25) is 14.4 Å². The summed E-state index contributed by atoms with van der Waals surface area (Å²) >= 11 is 0. The van der Waals surface area contributed by atoms with Crippen LogP contribution in [-0.4, -0.2) is 41.1 Å². The lowest BCUT2D eigenvalue weighted by Crippen LogP contribution is -2.50. The van der Waals surface area contributed by atoms with E-state index < -0.39 is 17.9 Å². The second kappa shape index (κ2) is 12.1.